The Kier molecular flexibility index (Phi) is 4.09. The number of nitro groups is 1. The molecular weight excluding hydrogens is 241 g/mol. The van der Waals surface area contributed by atoms with Gasteiger partial charge in [0.2, 0.25) is 0 Å². The Morgan fingerprint density at radius 3 is 3.00 bits per heavy atom. The SMILES string of the molecule is O=[N+]([O-])c1ccc(F)cc1OCC1CCCCO1. The molecule has 0 saturated carbocycles. The van der Waals surface area contributed by atoms with Crippen molar-refractivity contribution in [1.82, 2.24) is 0 Å². The quantitative estimate of drug-likeness (QED) is 0.613. The Bertz CT molecular complexity index is 432. The average Bonchev–Trinajstić information content (AvgIpc) is 2.37. The van der Waals surface area contributed by atoms with Gasteiger partial charge in [0.25, 0.3) is 0 Å². The molecule has 0 bridgehead atoms. The van der Waals surface area contributed by atoms with Crippen molar-refractivity contribution < 1.29 is 18.8 Å². The fourth-order valence-corrected chi connectivity index (χ4v) is 1.88. The lowest BCUT2D eigenvalue weighted by Crippen LogP contribution is -2.25. The van der Waals surface area contributed by atoms with E-state index in [4.69, 9.17) is 9.47 Å². The fraction of sp³-hybridized carbons (Fsp3) is 0.500. The van der Waals surface area contributed by atoms with Crippen molar-refractivity contribution in [3.63, 3.8) is 0 Å². The third kappa shape index (κ3) is 3.16. The maximum atomic E-state index is 13.0. The highest BCUT2D eigenvalue weighted by Gasteiger charge is 2.19. The molecule has 1 aromatic rings. The minimum Gasteiger partial charge on any atom is -0.484 e. The number of nitro benzene ring substituents is 1. The summed E-state index contributed by atoms with van der Waals surface area (Å²) in [5.41, 5.74) is -0.229. The van der Waals surface area contributed by atoms with E-state index in [1.165, 1.54) is 0 Å². The van der Waals surface area contributed by atoms with Gasteiger partial charge in [-0.15, -0.1) is 0 Å². The zero-order valence-corrected chi connectivity index (χ0v) is 9.80. The molecule has 1 aliphatic rings. The molecular formula is C12H14FNO4. The van der Waals surface area contributed by atoms with Gasteiger partial charge in [0.15, 0.2) is 5.75 Å². The summed E-state index contributed by atoms with van der Waals surface area (Å²) in [5.74, 6) is -0.602. The molecule has 1 saturated heterocycles. The van der Waals surface area contributed by atoms with E-state index in [2.05, 4.69) is 0 Å². The highest BCUT2D eigenvalue weighted by atomic mass is 19.1. The van der Waals surface area contributed by atoms with E-state index in [1.54, 1.807) is 0 Å². The van der Waals surface area contributed by atoms with E-state index < -0.39 is 10.7 Å². The lowest BCUT2D eigenvalue weighted by molar-refractivity contribution is -0.386. The maximum absolute atomic E-state index is 13.0. The Morgan fingerprint density at radius 2 is 2.33 bits per heavy atom. The number of halogens is 1. The molecule has 0 radical (unpaired) electrons. The average molecular weight is 255 g/mol. The molecule has 0 aromatic heterocycles. The number of rotatable bonds is 4. The van der Waals surface area contributed by atoms with Crippen molar-refractivity contribution in [3.05, 3.63) is 34.1 Å². The number of nitrogens with zero attached hydrogens (tertiary/aromatic N) is 1. The predicted molar refractivity (Wildman–Crippen MR) is 62.1 cm³/mol. The topological polar surface area (TPSA) is 61.6 Å². The lowest BCUT2D eigenvalue weighted by atomic mass is 10.1. The van der Waals surface area contributed by atoms with Gasteiger partial charge in [-0.25, -0.2) is 4.39 Å². The predicted octanol–water partition coefficient (Wildman–Crippen LogP) is 2.68. The standard InChI is InChI=1S/C12H14FNO4/c13-9-4-5-11(14(15)16)12(7-9)18-8-10-3-1-2-6-17-10/h4-5,7,10H,1-3,6,8H2. The molecule has 6 heteroatoms. The molecule has 1 fully saturated rings. The van der Waals surface area contributed by atoms with Crippen LogP contribution >= 0.6 is 0 Å². The second-order valence-electron chi connectivity index (χ2n) is 4.17. The summed E-state index contributed by atoms with van der Waals surface area (Å²) in [6.45, 7) is 0.892. The van der Waals surface area contributed by atoms with Crippen LogP contribution in [-0.2, 0) is 4.74 Å². The largest absolute Gasteiger partial charge is 0.484 e. The summed E-state index contributed by atoms with van der Waals surface area (Å²) < 4.78 is 23.8. The first-order chi connectivity index (χ1) is 8.66. The van der Waals surface area contributed by atoms with Gasteiger partial charge in [0.05, 0.1) is 11.0 Å². The van der Waals surface area contributed by atoms with Crippen LogP contribution in [0.2, 0.25) is 0 Å². The molecule has 1 heterocycles. The van der Waals surface area contributed by atoms with E-state index in [9.17, 15) is 14.5 Å². The van der Waals surface area contributed by atoms with Crippen LogP contribution in [-0.4, -0.2) is 24.2 Å². The molecule has 1 unspecified atom stereocenters. The van der Waals surface area contributed by atoms with Crippen LogP contribution in [0, 0.1) is 15.9 Å². The molecule has 1 atom stereocenters. The van der Waals surface area contributed by atoms with E-state index in [0.717, 1.165) is 37.5 Å². The molecule has 98 valence electrons. The van der Waals surface area contributed by atoms with Crippen LogP contribution in [0.25, 0.3) is 0 Å². The Balaban J connectivity index is 2.03. The summed E-state index contributed by atoms with van der Waals surface area (Å²) >= 11 is 0. The Hall–Kier alpha value is -1.69. The van der Waals surface area contributed by atoms with Crippen molar-refractivity contribution in [3.8, 4) is 5.75 Å². The van der Waals surface area contributed by atoms with Crippen molar-refractivity contribution in [2.45, 2.75) is 25.4 Å². The highest BCUT2D eigenvalue weighted by molar-refractivity contribution is 5.46. The van der Waals surface area contributed by atoms with E-state index in [0.29, 0.717) is 6.61 Å². The fourth-order valence-electron chi connectivity index (χ4n) is 1.88. The van der Waals surface area contributed by atoms with Crippen LogP contribution in [0.4, 0.5) is 10.1 Å². The zero-order valence-electron chi connectivity index (χ0n) is 9.80. The van der Waals surface area contributed by atoms with Gasteiger partial charge < -0.3 is 9.47 Å². The van der Waals surface area contributed by atoms with Crippen LogP contribution < -0.4 is 4.74 Å². The summed E-state index contributed by atoms with van der Waals surface area (Å²) in [5, 5.41) is 10.8. The van der Waals surface area contributed by atoms with Gasteiger partial charge >= 0.3 is 5.69 Å². The smallest absolute Gasteiger partial charge is 0.311 e. The van der Waals surface area contributed by atoms with Crippen molar-refractivity contribution in [2.75, 3.05) is 13.2 Å². The Labute approximate surface area is 104 Å². The van der Waals surface area contributed by atoms with Crippen LogP contribution in [0.5, 0.6) is 5.75 Å². The molecule has 0 amide bonds. The van der Waals surface area contributed by atoms with Gasteiger partial charge in [-0.05, 0) is 25.3 Å². The molecule has 1 aromatic carbocycles. The molecule has 0 N–H and O–H groups in total. The molecule has 2 rings (SSSR count). The Morgan fingerprint density at radius 1 is 1.50 bits per heavy atom. The van der Waals surface area contributed by atoms with Gasteiger partial charge in [-0.1, -0.05) is 0 Å². The second kappa shape index (κ2) is 5.77. The molecule has 5 nitrogen and oxygen atoms in total. The minimum atomic E-state index is -0.587. The maximum Gasteiger partial charge on any atom is 0.311 e. The van der Waals surface area contributed by atoms with Crippen molar-refractivity contribution in [2.24, 2.45) is 0 Å². The molecule has 18 heavy (non-hydrogen) atoms. The number of hydrogen-bond donors (Lipinski definition) is 0. The zero-order chi connectivity index (χ0) is 13.0. The van der Waals surface area contributed by atoms with Gasteiger partial charge in [0.1, 0.15) is 12.4 Å². The van der Waals surface area contributed by atoms with E-state index in [-0.39, 0.29) is 24.1 Å². The first-order valence-corrected chi connectivity index (χ1v) is 5.85. The summed E-state index contributed by atoms with van der Waals surface area (Å²) in [6.07, 6.45) is 2.88. The monoisotopic (exact) mass is 255 g/mol. The van der Waals surface area contributed by atoms with Crippen LogP contribution in [0.3, 0.4) is 0 Å². The summed E-state index contributed by atoms with van der Waals surface area (Å²) in [6, 6.07) is 3.18. The van der Waals surface area contributed by atoms with Crippen LogP contribution in [0.1, 0.15) is 19.3 Å². The van der Waals surface area contributed by atoms with Gasteiger partial charge in [0, 0.05) is 18.7 Å². The van der Waals surface area contributed by atoms with E-state index >= 15 is 0 Å². The number of ether oxygens (including phenoxy) is 2. The van der Waals surface area contributed by atoms with Crippen LogP contribution in [0.15, 0.2) is 18.2 Å². The minimum absolute atomic E-state index is 0.0471. The molecule has 0 spiro atoms. The number of hydrogen-bond acceptors (Lipinski definition) is 4. The molecule has 1 aliphatic heterocycles. The first-order valence-electron chi connectivity index (χ1n) is 5.85. The van der Waals surface area contributed by atoms with Gasteiger partial charge in [-0.3, -0.25) is 10.1 Å². The summed E-state index contributed by atoms with van der Waals surface area (Å²) in [7, 11) is 0. The number of benzene rings is 1. The first kappa shape index (κ1) is 12.8. The molecule has 0 aliphatic carbocycles. The van der Waals surface area contributed by atoms with Gasteiger partial charge in [-0.2, -0.15) is 0 Å². The van der Waals surface area contributed by atoms with E-state index in [1.807, 2.05) is 0 Å². The third-order valence-electron chi connectivity index (χ3n) is 2.82. The van der Waals surface area contributed by atoms with Crippen molar-refractivity contribution >= 4 is 5.69 Å². The third-order valence-corrected chi connectivity index (χ3v) is 2.82. The van der Waals surface area contributed by atoms with Crippen molar-refractivity contribution in [1.29, 1.82) is 0 Å². The summed E-state index contributed by atoms with van der Waals surface area (Å²) in [4.78, 5) is 10.2. The second-order valence-corrected chi connectivity index (χ2v) is 4.17. The highest BCUT2D eigenvalue weighted by Crippen LogP contribution is 2.28. The lowest BCUT2D eigenvalue weighted by Gasteiger charge is -2.22. The normalized spacial score (nSPS) is 19.5.